The van der Waals surface area contributed by atoms with Crippen LogP contribution in [-0.2, 0) is 19.1 Å². The molecule has 1 heterocycles. The highest BCUT2D eigenvalue weighted by Gasteiger charge is 2.44. The van der Waals surface area contributed by atoms with Crippen molar-refractivity contribution in [2.24, 2.45) is 5.92 Å². The van der Waals surface area contributed by atoms with E-state index in [9.17, 15) is 19.8 Å². The number of carbonyl (C=O) groups excluding carboxylic acids is 2. The Kier molecular flexibility index (Phi) is 7.12. The van der Waals surface area contributed by atoms with E-state index < -0.39 is 42.8 Å². The zero-order valence-electron chi connectivity index (χ0n) is 15.4. The lowest BCUT2D eigenvalue weighted by Crippen LogP contribution is -2.35. The van der Waals surface area contributed by atoms with Gasteiger partial charge in [-0.2, -0.15) is 0 Å². The first kappa shape index (κ1) is 21.1. The van der Waals surface area contributed by atoms with Crippen LogP contribution in [0.4, 0.5) is 0 Å². The summed E-state index contributed by atoms with van der Waals surface area (Å²) in [6.07, 6.45) is 2.46. The molecule has 0 aromatic rings. The number of fused-ring (bicyclic) bond motifs is 1. The van der Waals surface area contributed by atoms with Gasteiger partial charge >= 0.3 is 11.9 Å². The summed E-state index contributed by atoms with van der Waals surface area (Å²) in [5.41, 5.74) is 1.60. The largest absolute Gasteiger partial charge is 0.458 e. The molecule has 148 valence electrons. The Bertz CT molecular complexity index is 688. The van der Waals surface area contributed by atoms with Gasteiger partial charge in [0.25, 0.3) is 0 Å². The van der Waals surface area contributed by atoms with Gasteiger partial charge in [-0.1, -0.05) is 24.8 Å². The Morgan fingerprint density at radius 3 is 2.78 bits per heavy atom. The molecule has 0 aromatic heterocycles. The van der Waals surface area contributed by atoms with E-state index in [1.165, 1.54) is 0 Å². The number of aliphatic hydroxyl groups excluding tert-OH is 3. The molecule has 1 saturated heterocycles. The smallest absolute Gasteiger partial charge is 0.336 e. The Morgan fingerprint density at radius 2 is 2.15 bits per heavy atom. The van der Waals surface area contributed by atoms with Gasteiger partial charge < -0.3 is 24.8 Å². The van der Waals surface area contributed by atoms with Crippen LogP contribution in [-0.4, -0.2) is 58.8 Å². The molecule has 0 spiro atoms. The van der Waals surface area contributed by atoms with Crippen molar-refractivity contribution in [2.75, 3.05) is 13.2 Å². The van der Waals surface area contributed by atoms with Gasteiger partial charge in [-0.25, -0.2) is 9.59 Å². The molecule has 7 nitrogen and oxygen atoms in total. The van der Waals surface area contributed by atoms with Gasteiger partial charge in [0, 0.05) is 12.0 Å². The van der Waals surface area contributed by atoms with Crippen LogP contribution in [0.5, 0.6) is 0 Å². The average Bonchev–Trinajstić information content (AvgIpc) is 2.92. The number of rotatable bonds is 5. The van der Waals surface area contributed by atoms with E-state index in [0.29, 0.717) is 19.3 Å². The number of esters is 2. The highest BCUT2D eigenvalue weighted by Crippen LogP contribution is 2.36. The third-order valence-electron chi connectivity index (χ3n) is 4.84. The highest BCUT2D eigenvalue weighted by molar-refractivity contribution is 5.92. The summed E-state index contributed by atoms with van der Waals surface area (Å²) in [5.74, 6) is -2.05. The standard InChI is InChI=1S/C20H26O7/c1-11-5-4-6-14(9-21)8-17-18(13(3)20(25)27-17)16(7-11)26-19(24)12(2)15(23)10-22/h5,8,15-18,21-23H,2-4,6-7,9-10H2,1H3/b11-5+,14-8-/t15-,16-,17+,18+/m0/s1. The number of ether oxygens (including phenoxy) is 2. The van der Waals surface area contributed by atoms with Crippen molar-refractivity contribution < 1.29 is 34.4 Å². The monoisotopic (exact) mass is 378 g/mol. The molecule has 2 aliphatic rings. The van der Waals surface area contributed by atoms with Gasteiger partial charge in [0.1, 0.15) is 18.3 Å². The number of aliphatic hydroxyl groups is 3. The lowest BCUT2D eigenvalue weighted by molar-refractivity contribution is -0.148. The van der Waals surface area contributed by atoms with Crippen molar-refractivity contribution in [1.82, 2.24) is 0 Å². The van der Waals surface area contributed by atoms with Crippen LogP contribution in [0.25, 0.3) is 0 Å². The third kappa shape index (κ3) is 4.94. The molecule has 0 amide bonds. The molecule has 0 saturated carbocycles. The van der Waals surface area contributed by atoms with Crippen LogP contribution in [0.3, 0.4) is 0 Å². The number of carbonyl (C=O) groups is 2. The molecule has 27 heavy (non-hydrogen) atoms. The third-order valence-corrected chi connectivity index (χ3v) is 4.84. The maximum atomic E-state index is 12.3. The fraction of sp³-hybridized carbons (Fsp3) is 0.500. The van der Waals surface area contributed by atoms with E-state index in [-0.39, 0.29) is 17.8 Å². The Balaban J connectivity index is 2.36. The van der Waals surface area contributed by atoms with Crippen molar-refractivity contribution in [3.63, 3.8) is 0 Å². The summed E-state index contributed by atoms with van der Waals surface area (Å²) in [6.45, 7) is 8.32. The first-order valence-electron chi connectivity index (χ1n) is 8.83. The molecule has 2 rings (SSSR count). The summed E-state index contributed by atoms with van der Waals surface area (Å²) in [7, 11) is 0. The fourth-order valence-electron chi connectivity index (χ4n) is 3.23. The molecule has 0 bridgehead atoms. The topological polar surface area (TPSA) is 113 Å². The molecule has 0 radical (unpaired) electrons. The summed E-state index contributed by atoms with van der Waals surface area (Å²) in [6, 6.07) is 0. The van der Waals surface area contributed by atoms with Gasteiger partial charge in [-0.3, -0.25) is 0 Å². The maximum absolute atomic E-state index is 12.3. The highest BCUT2D eigenvalue weighted by atomic mass is 16.6. The van der Waals surface area contributed by atoms with E-state index >= 15 is 0 Å². The van der Waals surface area contributed by atoms with Crippen molar-refractivity contribution in [1.29, 1.82) is 0 Å². The molecule has 7 heteroatoms. The van der Waals surface area contributed by atoms with Crippen molar-refractivity contribution in [3.05, 3.63) is 47.6 Å². The SMILES string of the molecule is C=C1C(=O)O[C@@H]2/C=C(\CO)CC/C=C(\C)C[C@H](OC(=O)C(=C)[C@@H](O)CO)[C@@H]12. The van der Waals surface area contributed by atoms with E-state index in [2.05, 4.69) is 13.2 Å². The summed E-state index contributed by atoms with van der Waals surface area (Å²) < 4.78 is 10.9. The van der Waals surface area contributed by atoms with E-state index in [4.69, 9.17) is 14.6 Å². The van der Waals surface area contributed by atoms with Gasteiger partial charge in [0.05, 0.1) is 24.7 Å². The van der Waals surface area contributed by atoms with Crippen LogP contribution in [0, 0.1) is 5.92 Å². The zero-order valence-corrected chi connectivity index (χ0v) is 15.4. The molecular weight excluding hydrogens is 352 g/mol. The second-order valence-corrected chi connectivity index (χ2v) is 6.86. The average molecular weight is 378 g/mol. The van der Waals surface area contributed by atoms with E-state index in [0.717, 1.165) is 11.1 Å². The minimum Gasteiger partial charge on any atom is -0.458 e. The predicted molar refractivity (Wildman–Crippen MR) is 97.4 cm³/mol. The lowest BCUT2D eigenvalue weighted by atomic mass is 9.85. The molecule has 0 unspecified atom stereocenters. The number of hydrogen-bond acceptors (Lipinski definition) is 7. The number of allylic oxidation sites excluding steroid dienone is 1. The van der Waals surface area contributed by atoms with Crippen LogP contribution in [0.1, 0.15) is 26.2 Å². The maximum Gasteiger partial charge on any atom is 0.336 e. The van der Waals surface area contributed by atoms with E-state index in [1.54, 1.807) is 6.08 Å². The predicted octanol–water partition coefficient (Wildman–Crippen LogP) is 0.954. The van der Waals surface area contributed by atoms with Gasteiger partial charge in [0.15, 0.2) is 0 Å². The first-order valence-corrected chi connectivity index (χ1v) is 8.83. The Labute approximate surface area is 158 Å². The first-order chi connectivity index (χ1) is 12.8. The van der Waals surface area contributed by atoms with Gasteiger partial charge in [0.2, 0.25) is 0 Å². The van der Waals surface area contributed by atoms with Crippen LogP contribution >= 0.6 is 0 Å². The molecule has 1 aliphatic heterocycles. The van der Waals surface area contributed by atoms with Crippen molar-refractivity contribution in [3.8, 4) is 0 Å². The minimum atomic E-state index is -1.42. The van der Waals surface area contributed by atoms with Crippen molar-refractivity contribution >= 4 is 11.9 Å². The summed E-state index contributed by atoms with van der Waals surface area (Å²) in [5, 5.41) is 28.2. The normalized spacial score (nSPS) is 30.9. The summed E-state index contributed by atoms with van der Waals surface area (Å²) >= 11 is 0. The van der Waals surface area contributed by atoms with Crippen LogP contribution < -0.4 is 0 Å². The molecule has 3 N–H and O–H groups in total. The van der Waals surface area contributed by atoms with Gasteiger partial charge in [-0.05, 0) is 31.4 Å². The Hall–Kier alpha value is -2.22. The van der Waals surface area contributed by atoms with Crippen LogP contribution in [0.15, 0.2) is 47.6 Å². The molecule has 1 fully saturated rings. The molecule has 0 aromatic carbocycles. The zero-order chi connectivity index (χ0) is 20.1. The second-order valence-electron chi connectivity index (χ2n) is 6.86. The lowest BCUT2D eigenvalue weighted by Gasteiger charge is -2.28. The fourth-order valence-corrected chi connectivity index (χ4v) is 3.23. The minimum absolute atomic E-state index is 0.163. The van der Waals surface area contributed by atoms with Crippen molar-refractivity contribution in [2.45, 2.75) is 44.5 Å². The Morgan fingerprint density at radius 1 is 1.44 bits per heavy atom. The summed E-state index contributed by atoms with van der Waals surface area (Å²) in [4.78, 5) is 24.4. The van der Waals surface area contributed by atoms with E-state index in [1.807, 2.05) is 13.0 Å². The van der Waals surface area contributed by atoms with Crippen LogP contribution in [0.2, 0.25) is 0 Å². The second kappa shape index (κ2) is 9.12. The molecule has 4 atom stereocenters. The molecule has 1 aliphatic carbocycles. The number of hydrogen-bond donors (Lipinski definition) is 3. The molecular formula is C20H26O7. The van der Waals surface area contributed by atoms with Gasteiger partial charge in [-0.15, -0.1) is 0 Å². The quantitative estimate of drug-likeness (QED) is 0.371.